The first kappa shape index (κ1) is 17.0. The van der Waals surface area contributed by atoms with Gasteiger partial charge in [0.1, 0.15) is 0 Å². The Balaban J connectivity index is 2.81. The van der Waals surface area contributed by atoms with Gasteiger partial charge in [-0.1, -0.05) is 25.4 Å². The summed E-state index contributed by atoms with van der Waals surface area (Å²) in [5.74, 6) is 0. The van der Waals surface area contributed by atoms with E-state index in [1.54, 1.807) is 0 Å². The zero-order chi connectivity index (χ0) is 15.3. The van der Waals surface area contributed by atoms with E-state index in [9.17, 15) is 13.2 Å². The molecule has 0 aromatic heterocycles. The van der Waals surface area contributed by atoms with Gasteiger partial charge in [0.15, 0.2) is 5.11 Å². The van der Waals surface area contributed by atoms with Crippen molar-refractivity contribution in [2.75, 3.05) is 5.32 Å². The number of hydrogen-bond donors (Lipinski definition) is 2. The monoisotopic (exact) mass is 324 g/mol. The van der Waals surface area contributed by atoms with Gasteiger partial charge in [-0.05, 0) is 43.3 Å². The van der Waals surface area contributed by atoms with E-state index in [0.29, 0.717) is 5.11 Å². The third kappa shape index (κ3) is 4.83. The highest BCUT2D eigenvalue weighted by Gasteiger charge is 2.33. The minimum absolute atomic E-state index is 0.199. The lowest BCUT2D eigenvalue weighted by molar-refractivity contribution is -0.137. The molecule has 0 fully saturated rings. The molecular formula is C13H16ClF3N2S. The fraction of sp³-hybridized carbons (Fsp3) is 0.462. The van der Waals surface area contributed by atoms with Crippen LogP contribution in [0.25, 0.3) is 0 Å². The van der Waals surface area contributed by atoms with E-state index in [0.717, 1.165) is 18.9 Å². The molecule has 7 heteroatoms. The van der Waals surface area contributed by atoms with Gasteiger partial charge < -0.3 is 10.6 Å². The average molecular weight is 325 g/mol. The molecule has 1 aromatic rings. The van der Waals surface area contributed by atoms with Crippen LogP contribution in [0.5, 0.6) is 0 Å². The number of benzene rings is 1. The van der Waals surface area contributed by atoms with Gasteiger partial charge in [-0.2, -0.15) is 13.2 Å². The second-order valence-corrected chi connectivity index (χ2v) is 5.12. The molecule has 0 aliphatic carbocycles. The van der Waals surface area contributed by atoms with Crippen LogP contribution in [0.4, 0.5) is 18.9 Å². The van der Waals surface area contributed by atoms with Crippen molar-refractivity contribution >= 4 is 34.6 Å². The summed E-state index contributed by atoms with van der Waals surface area (Å²) in [6.45, 7) is 4.02. The molecule has 0 amide bonds. The van der Waals surface area contributed by atoms with Crippen LogP contribution >= 0.6 is 23.8 Å². The molecule has 0 atom stereocenters. The summed E-state index contributed by atoms with van der Waals surface area (Å²) in [4.78, 5) is 0. The molecule has 112 valence electrons. The van der Waals surface area contributed by atoms with Crippen LogP contribution in [0.2, 0.25) is 5.02 Å². The molecular weight excluding hydrogens is 309 g/mol. The average Bonchev–Trinajstić information content (AvgIpc) is 2.37. The first-order chi connectivity index (χ1) is 9.27. The summed E-state index contributed by atoms with van der Waals surface area (Å²) < 4.78 is 38.2. The molecule has 1 rings (SSSR count). The van der Waals surface area contributed by atoms with Gasteiger partial charge in [0.2, 0.25) is 0 Å². The third-order valence-corrected chi connectivity index (χ3v) is 3.40. The van der Waals surface area contributed by atoms with Gasteiger partial charge in [-0.25, -0.2) is 0 Å². The second-order valence-electron chi connectivity index (χ2n) is 4.30. The maximum absolute atomic E-state index is 12.7. The standard InChI is InChI=1S/C13H16ClF3N2S/c1-3-8(4-2)18-12(20)19-9-5-6-11(14)10(7-9)13(15,16)17/h5-8H,3-4H2,1-2H3,(H2,18,19,20). The van der Waals surface area contributed by atoms with Crippen molar-refractivity contribution in [2.45, 2.75) is 38.9 Å². The predicted molar refractivity (Wildman–Crippen MR) is 80.2 cm³/mol. The Labute approximate surface area is 126 Å². The molecule has 0 aliphatic heterocycles. The van der Waals surface area contributed by atoms with Crippen LogP contribution in [0.1, 0.15) is 32.3 Å². The predicted octanol–water partition coefficient (Wildman–Crippen LogP) is 4.83. The Morgan fingerprint density at radius 2 is 1.90 bits per heavy atom. The maximum atomic E-state index is 12.7. The van der Waals surface area contributed by atoms with E-state index in [2.05, 4.69) is 10.6 Å². The largest absolute Gasteiger partial charge is 0.417 e. The molecule has 2 N–H and O–H groups in total. The normalized spacial score (nSPS) is 11.6. The fourth-order valence-corrected chi connectivity index (χ4v) is 2.17. The molecule has 0 aliphatic rings. The van der Waals surface area contributed by atoms with Crippen molar-refractivity contribution in [1.29, 1.82) is 0 Å². The zero-order valence-electron chi connectivity index (χ0n) is 11.1. The van der Waals surface area contributed by atoms with Gasteiger partial charge in [-0.15, -0.1) is 0 Å². The Kier molecular flexibility index (Phi) is 6.07. The van der Waals surface area contributed by atoms with Crippen molar-refractivity contribution in [1.82, 2.24) is 5.32 Å². The number of hydrogen-bond acceptors (Lipinski definition) is 1. The van der Waals surface area contributed by atoms with Crippen LogP contribution in [0.15, 0.2) is 18.2 Å². The van der Waals surface area contributed by atoms with Crippen molar-refractivity contribution in [3.63, 3.8) is 0 Å². The molecule has 0 radical (unpaired) electrons. The molecule has 0 heterocycles. The highest BCUT2D eigenvalue weighted by atomic mass is 35.5. The lowest BCUT2D eigenvalue weighted by Crippen LogP contribution is -2.36. The van der Waals surface area contributed by atoms with Crippen LogP contribution in [-0.4, -0.2) is 11.2 Å². The molecule has 0 unspecified atom stereocenters. The van der Waals surface area contributed by atoms with E-state index in [1.165, 1.54) is 12.1 Å². The Morgan fingerprint density at radius 1 is 1.30 bits per heavy atom. The van der Waals surface area contributed by atoms with Crippen molar-refractivity contribution in [3.8, 4) is 0 Å². The summed E-state index contributed by atoms with van der Waals surface area (Å²) >= 11 is 10.6. The van der Waals surface area contributed by atoms with Gasteiger partial charge in [-0.3, -0.25) is 0 Å². The molecule has 0 saturated heterocycles. The second kappa shape index (κ2) is 7.13. The maximum Gasteiger partial charge on any atom is 0.417 e. The van der Waals surface area contributed by atoms with E-state index in [1.807, 2.05) is 13.8 Å². The Hall–Kier alpha value is -1.01. The highest BCUT2D eigenvalue weighted by molar-refractivity contribution is 7.80. The topological polar surface area (TPSA) is 24.1 Å². The first-order valence-corrected chi connectivity index (χ1v) is 7.00. The van der Waals surface area contributed by atoms with Gasteiger partial charge in [0.05, 0.1) is 10.6 Å². The van der Waals surface area contributed by atoms with Crippen LogP contribution in [0, 0.1) is 0 Å². The van der Waals surface area contributed by atoms with Crippen LogP contribution in [0.3, 0.4) is 0 Å². The summed E-state index contributed by atoms with van der Waals surface area (Å²) in [7, 11) is 0. The summed E-state index contributed by atoms with van der Waals surface area (Å²) in [6, 6.07) is 3.80. The lowest BCUT2D eigenvalue weighted by Gasteiger charge is -2.18. The number of nitrogens with one attached hydrogen (secondary N) is 2. The van der Waals surface area contributed by atoms with Crippen molar-refractivity contribution in [2.24, 2.45) is 0 Å². The van der Waals surface area contributed by atoms with E-state index in [-0.39, 0.29) is 16.8 Å². The van der Waals surface area contributed by atoms with E-state index < -0.39 is 11.7 Å². The smallest absolute Gasteiger partial charge is 0.360 e. The van der Waals surface area contributed by atoms with Crippen molar-refractivity contribution < 1.29 is 13.2 Å². The molecule has 1 aromatic carbocycles. The van der Waals surface area contributed by atoms with Crippen LogP contribution in [-0.2, 0) is 6.18 Å². The number of rotatable bonds is 4. The lowest BCUT2D eigenvalue weighted by atomic mass is 10.2. The Morgan fingerprint density at radius 3 is 2.40 bits per heavy atom. The SMILES string of the molecule is CCC(CC)NC(=S)Nc1ccc(Cl)c(C(F)(F)F)c1. The fourth-order valence-electron chi connectivity index (χ4n) is 1.67. The van der Waals surface area contributed by atoms with E-state index >= 15 is 0 Å². The van der Waals surface area contributed by atoms with E-state index in [4.69, 9.17) is 23.8 Å². The molecule has 2 nitrogen and oxygen atoms in total. The molecule has 0 saturated carbocycles. The van der Waals surface area contributed by atoms with Gasteiger partial charge >= 0.3 is 6.18 Å². The number of halogens is 4. The van der Waals surface area contributed by atoms with Gasteiger partial charge in [0, 0.05) is 11.7 Å². The number of thiocarbonyl (C=S) groups is 1. The molecule has 0 bridgehead atoms. The number of anilines is 1. The zero-order valence-corrected chi connectivity index (χ0v) is 12.7. The van der Waals surface area contributed by atoms with Gasteiger partial charge in [0.25, 0.3) is 0 Å². The summed E-state index contributed by atoms with van der Waals surface area (Å²) in [5, 5.41) is 5.75. The Bertz CT molecular complexity index is 473. The summed E-state index contributed by atoms with van der Waals surface area (Å²) in [5.41, 5.74) is -0.625. The molecule has 0 spiro atoms. The minimum Gasteiger partial charge on any atom is -0.360 e. The summed E-state index contributed by atoms with van der Waals surface area (Å²) in [6.07, 6.45) is -2.72. The third-order valence-electron chi connectivity index (χ3n) is 2.85. The highest BCUT2D eigenvalue weighted by Crippen LogP contribution is 2.36. The minimum atomic E-state index is -4.49. The first-order valence-electron chi connectivity index (χ1n) is 6.22. The molecule has 20 heavy (non-hydrogen) atoms. The van der Waals surface area contributed by atoms with Crippen LogP contribution < -0.4 is 10.6 Å². The number of alkyl halides is 3. The quantitative estimate of drug-likeness (QED) is 0.775. The van der Waals surface area contributed by atoms with Crippen molar-refractivity contribution in [3.05, 3.63) is 28.8 Å².